The number of aryl methyl sites for hydroxylation is 1. The first-order valence-corrected chi connectivity index (χ1v) is 8.99. The Bertz CT molecular complexity index is 746. The number of rotatable bonds is 6. The van der Waals surface area contributed by atoms with E-state index in [-0.39, 0.29) is 18.3 Å². The smallest absolute Gasteiger partial charge is 0.337 e. The number of thioether (sulfide) groups is 1. The Hall–Kier alpha value is -1.79. The number of esters is 2. The summed E-state index contributed by atoms with van der Waals surface area (Å²) in [5.41, 5.74) is 2.29. The van der Waals surface area contributed by atoms with Gasteiger partial charge in [-0.05, 0) is 48.4 Å². The molecule has 126 valence electrons. The van der Waals surface area contributed by atoms with E-state index in [1.165, 1.54) is 18.9 Å². The highest BCUT2D eigenvalue weighted by molar-refractivity contribution is 9.10. The molecular formula is C18H17BrO4S. The SMILES string of the molecule is COC(=O)c1cccc(COC(=O)CSc2ccc(Br)cc2C)c1. The predicted molar refractivity (Wildman–Crippen MR) is 97.2 cm³/mol. The molecule has 0 aliphatic carbocycles. The number of hydrogen-bond acceptors (Lipinski definition) is 5. The molecule has 0 aliphatic rings. The van der Waals surface area contributed by atoms with Gasteiger partial charge in [0.05, 0.1) is 18.4 Å². The van der Waals surface area contributed by atoms with Gasteiger partial charge in [0.15, 0.2) is 0 Å². The number of halogens is 1. The molecular weight excluding hydrogens is 392 g/mol. The van der Waals surface area contributed by atoms with Crippen LogP contribution in [0.4, 0.5) is 0 Å². The molecule has 4 nitrogen and oxygen atoms in total. The maximum Gasteiger partial charge on any atom is 0.337 e. The van der Waals surface area contributed by atoms with Crippen molar-refractivity contribution >= 4 is 39.6 Å². The topological polar surface area (TPSA) is 52.6 Å². The fourth-order valence-corrected chi connectivity index (χ4v) is 3.31. The van der Waals surface area contributed by atoms with Crippen molar-refractivity contribution in [2.75, 3.05) is 12.9 Å². The van der Waals surface area contributed by atoms with Crippen molar-refractivity contribution in [1.82, 2.24) is 0 Å². The highest BCUT2D eigenvalue weighted by Gasteiger charge is 2.09. The van der Waals surface area contributed by atoms with Gasteiger partial charge in [-0.2, -0.15) is 0 Å². The van der Waals surface area contributed by atoms with Crippen LogP contribution in [0.3, 0.4) is 0 Å². The molecule has 0 saturated carbocycles. The van der Waals surface area contributed by atoms with E-state index < -0.39 is 5.97 Å². The third-order valence-corrected chi connectivity index (χ3v) is 4.87. The summed E-state index contributed by atoms with van der Waals surface area (Å²) < 4.78 is 10.9. The van der Waals surface area contributed by atoms with Gasteiger partial charge in [-0.1, -0.05) is 28.1 Å². The molecule has 0 heterocycles. The van der Waals surface area contributed by atoms with Gasteiger partial charge in [0.25, 0.3) is 0 Å². The molecule has 0 aromatic heterocycles. The van der Waals surface area contributed by atoms with Gasteiger partial charge in [0.1, 0.15) is 6.61 Å². The highest BCUT2D eigenvalue weighted by Crippen LogP contribution is 2.25. The van der Waals surface area contributed by atoms with Crippen LogP contribution in [-0.2, 0) is 20.9 Å². The third kappa shape index (κ3) is 5.39. The minimum absolute atomic E-state index is 0.129. The number of hydrogen-bond donors (Lipinski definition) is 0. The average Bonchev–Trinajstić information content (AvgIpc) is 2.58. The lowest BCUT2D eigenvalue weighted by Gasteiger charge is -2.08. The predicted octanol–water partition coefficient (Wildman–Crippen LogP) is 4.38. The highest BCUT2D eigenvalue weighted by atomic mass is 79.9. The second-order valence-electron chi connectivity index (χ2n) is 5.05. The Labute approximate surface area is 153 Å². The van der Waals surface area contributed by atoms with E-state index in [0.29, 0.717) is 5.56 Å². The van der Waals surface area contributed by atoms with Crippen LogP contribution in [0.25, 0.3) is 0 Å². The standard InChI is InChI=1S/C18H17BrO4S/c1-12-8-15(19)6-7-16(12)24-11-17(20)23-10-13-4-3-5-14(9-13)18(21)22-2/h3-9H,10-11H2,1-2H3. The van der Waals surface area contributed by atoms with Crippen LogP contribution in [0, 0.1) is 6.92 Å². The van der Waals surface area contributed by atoms with E-state index in [1.54, 1.807) is 24.3 Å². The van der Waals surface area contributed by atoms with Crippen LogP contribution >= 0.6 is 27.7 Å². The Balaban J connectivity index is 1.86. The van der Waals surface area contributed by atoms with Crippen LogP contribution < -0.4 is 0 Å². The summed E-state index contributed by atoms with van der Waals surface area (Å²) in [7, 11) is 1.33. The van der Waals surface area contributed by atoms with Gasteiger partial charge < -0.3 is 9.47 Å². The van der Waals surface area contributed by atoms with E-state index >= 15 is 0 Å². The first-order valence-electron chi connectivity index (χ1n) is 7.21. The number of methoxy groups -OCH3 is 1. The molecule has 2 rings (SSSR count). The molecule has 0 atom stereocenters. The summed E-state index contributed by atoms with van der Waals surface area (Å²) in [6.45, 7) is 2.13. The van der Waals surface area contributed by atoms with Gasteiger partial charge in [-0.25, -0.2) is 4.79 Å². The molecule has 0 radical (unpaired) electrons. The summed E-state index contributed by atoms with van der Waals surface area (Å²) in [6, 6.07) is 12.8. The fraction of sp³-hybridized carbons (Fsp3) is 0.222. The molecule has 6 heteroatoms. The Morgan fingerprint density at radius 3 is 2.67 bits per heavy atom. The maximum absolute atomic E-state index is 11.9. The van der Waals surface area contributed by atoms with Crippen molar-refractivity contribution in [1.29, 1.82) is 0 Å². The summed E-state index contributed by atoms with van der Waals surface area (Å²) in [5, 5.41) is 0. The second kappa shape index (κ2) is 8.89. The van der Waals surface area contributed by atoms with Crippen LogP contribution in [0.2, 0.25) is 0 Å². The van der Waals surface area contributed by atoms with Crippen molar-refractivity contribution in [3.8, 4) is 0 Å². The molecule has 0 fully saturated rings. The normalized spacial score (nSPS) is 10.3. The van der Waals surface area contributed by atoms with Gasteiger partial charge in [-0.15, -0.1) is 11.8 Å². The van der Waals surface area contributed by atoms with E-state index in [9.17, 15) is 9.59 Å². The zero-order valence-electron chi connectivity index (χ0n) is 13.4. The van der Waals surface area contributed by atoms with E-state index in [0.717, 1.165) is 20.5 Å². The fourth-order valence-electron chi connectivity index (χ4n) is 2.02. The minimum Gasteiger partial charge on any atom is -0.465 e. The van der Waals surface area contributed by atoms with Crippen LogP contribution in [0.5, 0.6) is 0 Å². The van der Waals surface area contributed by atoms with E-state index in [1.807, 2.05) is 25.1 Å². The third-order valence-electron chi connectivity index (χ3n) is 3.23. The Morgan fingerprint density at radius 2 is 1.96 bits per heavy atom. The molecule has 2 aromatic rings. The summed E-state index contributed by atoms with van der Waals surface area (Å²) >= 11 is 4.86. The van der Waals surface area contributed by atoms with Gasteiger partial charge >= 0.3 is 11.9 Å². The molecule has 0 N–H and O–H groups in total. The lowest BCUT2D eigenvalue weighted by molar-refractivity contribution is -0.141. The van der Waals surface area contributed by atoms with E-state index in [4.69, 9.17) is 4.74 Å². The zero-order chi connectivity index (χ0) is 17.5. The molecule has 2 aromatic carbocycles. The first kappa shape index (κ1) is 18.5. The summed E-state index contributed by atoms with van der Waals surface area (Å²) in [5.74, 6) is -0.477. The number of ether oxygens (including phenoxy) is 2. The second-order valence-corrected chi connectivity index (χ2v) is 6.98. The largest absolute Gasteiger partial charge is 0.465 e. The molecule has 0 spiro atoms. The van der Waals surface area contributed by atoms with Gasteiger partial charge in [0, 0.05) is 9.37 Å². The quantitative estimate of drug-likeness (QED) is 0.524. The number of benzene rings is 2. The summed E-state index contributed by atoms with van der Waals surface area (Å²) in [6.07, 6.45) is 0. The Morgan fingerprint density at radius 1 is 1.17 bits per heavy atom. The average molecular weight is 409 g/mol. The molecule has 24 heavy (non-hydrogen) atoms. The molecule has 0 aliphatic heterocycles. The molecule has 0 bridgehead atoms. The lowest BCUT2D eigenvalue weighted by Crippen LogP contribution is -2.08. The van der Waals surface area contributed by atoms with Crippen LogP contribution in [-0.4, -0.2) is 24.8 Å². The Kier molecular flexibility index (Phi) is 6.87. The molecule has 0 saturated heterocycles. The summed E-state index contributed by atoms with van der Waals surface area (Å²) in [4.78, 5) is 24.4. The van der Waals surface area contributed by atoms with Gasteiger partial charge in [0.2, 0.25) is 0 Å². The zero-order valence-corrected chi connectivity index (χ0v) is 15.8. The lowest BCUT2D eigenvalue weighted by atomic mass is 10.1. The minimum atomic E-state index is -0.413. The van der Waals surface area contributed by atoms with Crippen molar-refractivity contribution in [3.63, 3.8) is 0 Å². The van der Waals surface area contributed by atoms with Crippen molar-refractivity contribution in [2.24, 2.45) is 0 Å². The number of carbonyl (C=O) groups is 2. The number of carbonyl (C=O) groups excluding carboxylic acids is 2. The molecule has 0 amide bonds. The van der Waals surface area contributed by atoms with E-state index in [2.05, 4.69) is 20.7 Å². The van der Waals surface area contributed by atoms with Crippen molar-refractivity contribution in [2.45, 2.75) is 18.4 Å². The van der Waals surface area contributed by atoms with Gasteiger partial charge in [-0.3, -0.25) is 4.79 Å². The van der Waals surface area contributed by atoms with Crippen LogP contribution in [0.1, 0.15) is 21.5 Å². The van der Waals surface area contributed by atoms with Crippen molar-refractivity contribution in [3.05, 3.63) is 63.6 Å². The maximum atomic E-state index is 11.9. The van der Waals surface area contributed by atoms with Crippen LogP contribution in [0.15, 0.2) is 51.8 Å². The first-order chi connectivity index (χ1) is 11.5. The van der Waals surface area contributed by atoms with Crippen molar-refractivity contribution < 1.29 is 19.1 Å². The molecule has 0 unspecified atom stereocenters. The monoisotopic (exact) mass is 408 g/mol.